The molecule has 1 aromatic heterocycles. The van der Waals surface area contributed by atoms with Gasteiger partial charge >= 0.3 is 5.69 Å². The summed E-state index contributed by atoms with van der Waals surface area (Å²) in [6.07, 6.45) is 1.01. The first kappa shape index (κ1) is 16.8. The summed E-state index contributed by atoms with van der Waals surface area (Å²) in [6.45, 7) is 3.53. The molecule has 1 aliphatic heterocycles. The van der Waals surface area contributed by atoms with Crippen molar-refractivity contribution >= 4 is 11.5 Å². The Morgan fingerprint density at radius 2 is 1.96 bits per heavy atom. The second kappa shape index (κ2) is 6.48. The van der Waals surface area contributed by atoms with Gasteiger partial charge in [-0.1, -0.05) is 18.2 Å². The summed E-state index contributed by atoms with van der Waals surface area (Å²) in [7, 11) is 2.93. The van der Waals surface area contributed by atoms with Crippen LogP contribution < -0.4 is 21.5 Å². The van der Waals surface area contributed by atoms with Crippen molar-refractivity contribution in [1.29, 1.82) is 5.26 Å². The van der Waals surface area contributed by atoms with Gasteiger partial charge < -0.3 is 10.2 Å². The summed E-state index contributed by atoms with van der Waals surface area (Å²) in [4.78, 5) is 26.5. The molecule has 130 valence electrons. The van der Waals surface area contributed by atoms with E-state index in [-0.39, 0.29) is 17.4 Å². The van der Waals surface area contributed by atoms with Crippen LogP contribution in [0.15, 0.2) is 33.9 Å². The van der Waals surface area contributed by atoms with Crippen LogP contribution in [0.25, 0.3) is 0 Å². The fourth-order valence-corrected chi connectivity index (χ4v) is 3.33. The lowest BCUT2D eigenvalue weighted by atomic mass is 10.2. The number of anilines is 2. The minimum atomic E-state index is -0.577. The first-order valence-corrected chi connectivity index (χ1v) is 8.24. The Morgan fingerprint density at radius 3 is 2.68 bits per heavy atom. The number of nitrogens with one attached hydrogen (secondary N) is 1. The highest BCUT2D eigenvalue weighted by Crippen LogP contribution is 2.29. The van der Waals surface area contributed by atoms with Crippen LogP contribution in [0.4, 0.5) is 11.5 Å². The van der Waals surface area contributed by atoms with Gasteiger partial charge in [-0.15, -0.1) is 0 Å². The van der Waals surface area contributed by atoms with Crippen LogP contribution in [0.2, 0.25) is 0 Å². The van der Waals surface area contributed by atoms with E-state index >= 15 is 0 Å². The maximum atomic E-state index is 12.1. The number of para-hydroxylation sites is 1. The van der Waals surface area contributed by atoms with Gasteiger partial charge in [0.15, 0.2) is 5.56 Å². The van der Waals surface area contributed by atoms with Crippen LogP contribution in [0.5, 0.6) is 0 Å². The van der Waals surface area contributed by atoms with Gasteiger partial charge in [0.1, 0.15) is 11.9 Å². The molecule has 25 heavy (non-hydrogen) atoms. The number of fused-ring (bicyclic) bond motifs is 1. The third-order valence-electron chi connectivity index (χ3n) is 4.80. The molecule has 0 saturated carbocycles. The molecule has 2 heterocycles. The lowest BCUT2D eigenvalue weighted by Gasteiger charge is -2.28. The quantitative estimate of drug-likeness (QED) is 0.892. The molecular weight excluding hydrogens is 318 g/mol. The number of benzene rings is 1. The highest BCUT2D eigenvalue weighted by atomic mass is 16.2. The Bertz CT molecular complexity index is 967. The first-order valence-electron chi connectivity index (χ1n) is 8.24. The monoisotopic (exact) mass is 339 g/mol. The predicted molar refractivity (Wildman–Crippen MR) is 97.1 cm³/mol. The maximum absolute atomic E-state index is 12.1. The van der Waals surface area contributed by atoms with E-state index in [1.165, 1.54) is 22.9 Å². The van der Waals surface area contributed by atoms with E-state index in [0.717, 1.165) is 17.5 Å². The zero-order chi connectivity index (χ0) is 18.1. The number of nitrogens with zero attached hydrogens (tertiary/aromatic N) is 4. The van der Waals surface area contributed by atoms with Gasteiger partial charge in [-0.3, -0.25) is 13.9 Å². The maximum Gasteiger partial charge on any atom is 0.332 e. The number of nitriles is 1. The first-order chi connectivity index (χ1) is 12.0. The molecule has 7 nitrogen and oxygen atoms in total. The van der Waals surface area contributed by atoms with E-state index in [4.69, 9.17) is 0 Å². The lowest BCUT2D eigenvalue weighted by Crippen LogP contribution is -2.42. The van der Waals surface area contributed by atoms with Gasteiger partial charge in [0.25, 0.3) is 5.56 Å². The molecule has 0 amide bonds. The molecule has 1 atom stereocenters. The predicted octanol–water partition coefficient (Wildman–Crippen LogP) is 0.819. The SMILES string of the molecule is C[C@@H](CNc1c(C#N)c(=O)n(C)c(=O)n1C)N1CCc2ccccc21. The van der Waals surface area contributed by atoms with Crippen LogP contribution in [-0.4, -0.2) is 28.3 Å². The van der Waals surface area contributed by atoms with Crippen LogP contribution in [0.1, 0.15) is 18.1 Å². The van der Waals surface area contributed by atoms with E-state index < -0.39 is 11.2 Å². The van der Waals surface area contributed by atoms with E-state index in [0.29, 0.717) is 6.54 Å². The van der Waals surface area contributed by atoms with Crippen molar-refractivity contribution in [2.75, 3.05) is 23.3 Å². The molecule has 2 aromatic rings. The molecular formula is C18H21N5O2. The molecule has 3 rings (SSSR count). The van der Waals surface area contributed by atoms with Gasteiger partial charge in [0.2, 0.25) is 0 Å². The van der Waals surface area contributed by atoms with Gasteiger partial charge in [-0.05, 0) is 25.0 Å². The minimum Gasteiger partial charge on any atom is -0.368 e. The third kappa shape index (κ3) is 2.80. The summed E-state index contributed by atoms with van der Waals surface area (Å²) in [5, 5.41) is 12.5. The van der Waals surface area contributed by atoms with Crippen molar-refractivity contribution in [3.05, 3.63) is 56.2 Å². The lowest BCUT2D eigenvalue weighted by molar-refractivity contribution is 0.657. The summed E-state index contributed by atoms with van der Waals surface area (Å²) < 4.78 is 2.26. The van der Waals surface area contributed by atoms with Crippen LogP contribution in [0, 0.1) is 11.3 Å². The number of hydrogen-bond acceptors (Lipinski definition) is 5. The van der Waals surface area contributed by atoms with Crippen molar-refractivity contribution < 1.29 is 0 Å². The van der Waals surface area contributed by atoms with Gasteiger partial charge in [-0.25, -0.2) is 4.79 Å². The average molecular weight is 339 g/mol. The van der Waals surface area contributed by atoms with Gasteiger partial charge in [0, 0.05) is 38.9 Å². The summed E-state index contributed by atoms with van der Waals surface area (Å²) >= 11 is 0. The molecule has 7 heteroatoms. The average Bonchev–Trinajstić information content (AvgIpc) is 3.05. The normalized spacial score (nSPS) is 14.1. The summed E-state index contributed by atoms with van der Waals surface area (Å²) in [5.41, 5.74) is 1.47. The molecule has 0 aliphatic carbocycles. The smallest absolute Gasteiger partial charge is 0.332 e. The molecule has 1 aromatic carbocycles. The van der Waals surface area contributed by atoms with Gasteiger partial charge in [0.05, 0.1) is 0 Å². The molecule has 0 bridgehead atoms. The topological polar surface area (TPSA) is 83.1 Å². The Kier molecular flexibility index (Phi) is 4.36. The van der Waals surface area contributed by atoms with E-state index in [1.54, 1.807) is 7.05 Å². The number of rotatable bonds is 4. The zero-order valence-electron chi connectivity index (χ0n) is 14.6. The highest BCUT2D eigenvalue weighted by molar-refractivity contribution is 5.59. The van der Waals surface area contributed by atoms with E-state index in [1.807, 2.05) is 18.2 Å². The van der Waals surface area contributed by atoms with Crippen LogP contribution >= 0.6 is 0 Å². The Hall–Kier alpha value is -3.01. The van der Waals surface area contributed by atoms with Crippen LogP contribution in [0.3, 0.4) is 0 Å². The second-order valence-electron chi connectivity index (χ2n) is 6.34. The van der Waals surface area contributed by atoms with E-state index in [2.05, 4.69) is 29.3 Å². The fourth-order valence-electron chi connectivity index (χ4n) is 3.33. The standard InChI is InChI=1S/C18H21N5O2/c1-12(23-9-8-13-6-4-5-7-15(13)23)11-20-16-14(10-19)17(24)22(3)18(25)21(16)2/h4-7,12,20H,8-9,11H2,1-3H3/t12-/m0/s1. The molecule has 0 spiro atoms. The van der Waals surface area contributed by atoms with Crippen molar-refractivity contribution in [2.45, 2.75) is 19.4 Å². The Balaban J connectivity index is 1.85. The van der Waals surface area contributed by atoms with Gasteiger partial charge in [-0.2, -0.15) is 5.26 Å². The third-order valence-corrected chi connectivity index (χ3v) is 4.80. The van der Waals surface area contributed by atoms with Crippen molar-refractivity contribution in [3.8, 4) is 6.07 Å². The number of hydrogen-bond donors (Lipinski definition) is 1. The highest BCUT2D eigenvalue weighted by Gasteiger charge is 2.23. The zero-order valence-corrected chi connectivity index (χ0v) is 14.6. The molecule has 0 fully saturated rings. The Morgan fingerprint density at radius 1 is 1.24 bits per heavy atom. The molecule has 0 unspecified atom stereocenters. The number of aromatic nitrogens is 2. The summed E-state index contributed by atoms with van der Waals surface area (Å²) in [6, 6.07) is 10.4. The van der Waals surface area contributed by atoms with Crippen LogP contribution in [-0.2, 0) is 20.5 Å². The van der Waals surface area contributed by atoms with Crippen molar-refractivity contribution in [3.63, 3.8) is 0 Å². The molecule has 1 aliphatic rings. The minimum absolute atomic E-state index is 0.0429. The second-order valence-corrected chi connectivity index (χ2v) is 6.34. The van der Waals surface area contributed by atoms with Crippen molar-refractivity contribution in [2.24, 2.45) is 14.1 Å². The molecule has 0 saturated heterocycles. The summed E-state index contributed by atoms with van der Waals surface area (Å²) in [5.74, 6) is 0.273. The molecule has 0 radical (unpaired) electrons. The molecule has 1 N–H and O–H groups in total. The Labute approximate surface area is 145 Å². The van der Waals surface area contributed by atoms with Crippen molar-refractivity contribution in [1.82, 2.24) is 9.13 Å². The van der Waals surface area contributed by atoms with E-state index in [9.17, 15) is 14.9 Å². The fraction of sp³-hybridized carbons (Fsp3) is 0.389. The largest absolute Gasteiger partial charge is 0.368 e.